The number of anilines is 1. The molecular weight excluding hydrogens is 411 g/mol. The predicted octanol–water partition coefficient (Wildman–Crippen LogP) is 5.95. The Kier molecular flexibility index (Phi) is 5.90. The largest absolute Gasteiger partial charge is 0.342 e. The van der Waals surface area contributed by atoms with E-state index < -0.39 is 0 Å². The van der Waals surface area contributed by atoms with Crippen LogP contribution >= 0.6 is 0 Å². The van der Waals surface area contributed by atoms with E-state index in [9.17, 15) is 4.39 Å². The van der Waals surface area contributed by atoms with Gasteiger partial charge in [-0.05, 0) is 60.0 Å². The van der Waals surface area contributed by atoms with Gasteiger partial charge in [0.25, 0.3) is 0 Å². The Morgan fingerprint density at radius 2 is 1.73 bits per heavy atom. The van der Waals surface area contributed by atoms with Crippen molar-refractivity contribution >= 4 is 16.6 Å². The Balaban J connectivity index is 1.56. The van der Waals surface area contributed by atoms with Crippen LogP contribution in [0.15, 0.2) is 66.7 Å². The van der Waals surface area contributed by atoms with Gasteiger partial charge in [0.05, 0.1) is 12.4 Å². The van der Waals surface area contributed by atoms with E-state index in [0.29, 0.717) is 5.92 Å². The number of aryl methyl sites for hydroxylation is 2. The summed E-state index contributed by atoms with van der Waals surface area (Å²) < 4.78 is 15.9. The Hall–Kier alpha value is -3.18. The summed E-state index contributed by atoms with van der Waals surface area (Å²) in [5, 5.41) is 7.69. The molecule has 5 rings (SSSR count). The molecule has 0 radical (unpaired) electrons. The lowest BCUT2D eigenvalue weighted by molar-refractivity contribution is 0.303. The van der Waals surface area contributed by atoms with Crippen LogP contribution in [0.2, 0.25) is 0 Å². The van der Waals surface area contributed by atoms with Gasteiger partial charge in [0.2, 0.25) is 0 Å². The van der Waals surface area contributed by atoms with Gasteiger partial charge < -0.3 is 4.90 Å². The molecule has 2 heterocycles. The summed E-state index contributed by atoms with van der Waals surface area (Å²) in [5.74, 6) is 1.39. The van der Waals surface area contributed by atoms with E-state index >= 15 is 0 Å². The molecule has 0 aliphatic carbocycles. The fraction of sp³-hybridized carbons (Fsp3) is 0.321. The zero-order valence-electron chi connectivity index (χ0n) is 19.6. The maximum absolute atomic E-state index is 13.7. The predicted molar refractivity (Wildman–Crippen MR) is 134 cm³/mol. The van der Waals surface area contributed by atoms with Crippen molar-refractivity contribution in [3.05, 3.63) is 83.7 Å². The fourth-order valence-corrected chi connectivity index (χ4v) is 4.98. The number of aromatic nitrogens is 2. The van der Waals surface area contributed by atoms with E-state index in [1.807, 2.05) is 12.1 Å². The van der Waals surface area contributed by atoms with Gasteiger partial charge in [-0.1, -0.05) is 56.3 Å². The summed E-state index contributed by atoms with van der Waals surface area (Å²) >= 11 is 0. The third kappa shape index (κ3) is 4.38. The van der Waals surface area contributed by atoms with Gasteiger partial charge in [-0.3, -0.25) is 9.58 Å². The maximum Gasteiger partial charge on any atom is 0.156 e. The quantitative estimate of drug-likeness (QED) is 0.369. The monoisotopic (exact) mass is 442 g/mol. The summed E-state index contributed by atoms with van der Waals surface area (Å²) in [7, 11) is 2.15. The van der Waals surface area contributed by atoms with Gasteiger partial charge in [0.15, 0.2) is 5.82 Å². The highest BCUT2D eigenvalue weighted by molar-refractivity contribution is 5.85. The number of halogens is 1. The lowest BCUT2D eigenvalue weighted by Crippen LogP contribution is -2.42. The number of benzene rings is 3. The van der Waals surface area contributed by atoms with Crippen molar-refractivity contribution in [2.45, 2.75) is 33.4 Å². The molecule has 4 nitrogen and oxygen atoms in total. The van der Waals surface area contributed by atoms with E-state index in [1.165, 1.54) is 21.9 Å². The SMILES string of the molecule is CC(C)CN1CN(C)Cc2c1nn(CCc1cccc3ccccc13)c2-c1ccc(F)cc1. The van der Waals surface area contributed by atoms with Gasteiger partial charge in [-0.15, -0.1) is 0 Å². The average Bonchev–Trinajstić information content (AvgIpc) is 3.16. The van der Waals surface area contributed by atoms with Gasteiger partial charge in [0.1, 0.15) is 5.82 Å². The fourth-order valence-electron chi connectivity index (χ4n) is 4.98. The number of rotatable bonds is 6. The summed E-state index contributed by atoms with van der Waals surface area (Å²) in [6, 6.07) is 21.9. The zero-order valence-corrected chi connectivity index (χ0v) is 19.6. The first-order chi connectivity index (χ1) is 16.0. The van der Waals surface area contributed by atoms with Crippen LogP contribution in [0.4, 0.5) is 10.2 Å². The molecule has 0 unspecified atom stereocenters. The molecular formula is C28H31FN4. The first kappa shape index (κ1) is 21.7. The summed E-state index contributed by atoms with van der Waals surface area (Å²) in [6.07, 6.45) is 0.885. The Morgan fingerprint density at radius 1 is 0.970 bits per heavy atom. The Morgan fingerprint density at radius 3 is 2.52 bits per heavy atom. The maximum atomic E-state index is 13.7. The van der Waals surface area contributed by atoms with Crippen LogP contribution in [-0.4, -0.2) is 34.9 Å². The highest BCUT2D eigenvalue weighted by atomic mass is 19.1. The molecule has 0 amide bonds. The van der Waals surface area contributed by atoms with Crippen LogP contribution in [0.1, 0.15) is 25.0 Å². The molecule has 0 N–H and O–H groups in total. The molecule has 0 fully saturated rings. The average molecular weight is 443 g/mol. The van der Waals surface area contributed by atoms with Gasteiger partial charge in [0, 0.05) is 30.8 Å². The van der Waals surface area contributed by atoms with E-state index in [0.717, 1.165) is 49.8 Å². The minimum atomic E-state index is -0.215. The number of hydrogen-bond acceptors (Lipinski definition) is 3. The van der Waals surface area contributed by atoms with Crippen LogP contribution in [0.3, 0.4) is 0 Å². The van der Waals surface area contributed by atoms with Crippen molar-refractivity contribution in [1.82, 2.24) is 14.7 Å². The molecule has 5 heteroatoms. The van der Waals surface area contributed by atoms with Crippen molar-refractivity contribution in [2.75, 3.05) is 25.2 Å². The molecule has 0 spiro atoms. The van der Waals surface area contributed by atoms with Crippen molar-refractivity contribution in [2.24, 2.45) is 5.92 Å². The first-order valence-electron chi connectivity index (χ1n) is 11.8. The number of nitrogens with zero attached hydrogens (tertiary/aromatic N) is 4. The van der Waals surface area contributed by atoms with Crippen molar-refractivity contribution in [3.63, 3.8) is 0 Å². The molecule has 1 aliphatic rings. The third-order valence-corrected chi connectivity index (χ3v) is 6.35. The van der Waals surface area contributed by atoms with Gasteiger partial charge >= 0.3 is 0 Å². The molecule has 0 bridgehead atoms. The first-order valence-corrected chi connectivity index (χ1v) is 11.8. The minimum Gasteiger partial charge on any atom is -0.342 e. The zero-order chi connectivity index (χ0) is 22.9. The third-order valence-electron chi connectivity index (χ3n) is 6.35. The van der Waals surface area contributed by atoms with Crippen molar-refractivity contribution < 1.29 is 4.39 Å². The molecule has 0 saturated carbocycles. The van der Waals surface area contributed by atoms with E-state index in [2.05, 4.69) is 77.8 Å². The van der Waals surface area contributed by atoms with E-state index in [-0.39, 0.29) is 5.82 Å². The molecule has 0 atom stereocenters. The second-order valence-electron chi connectivity index (χ2n) is 9.54. The highest BCUT2D eigenvalue weighted by Crippen LogP contribution is 2.36. The molecule has 1 aliphatic heterocycles. The Labute approximate surface area is 195 Å². The van der Waals surface area contributed by atoms with Crippen LogP contribution in [-0.2, 0) is 19.5 Å². The second-order valence-corrected chi connectivity index (χ2v) is 9.54. The lowest BCUT2D eigenvalue weighted by Gasteiger charge is -2.34. The molecule has 0 saturated heterocycles. The molecule has 3 aromatic carbocycles. The standard InChI is InChI=1S/C28H31FN4/c1-20(2)17-32-19-31(3)18-26-27(23-11-13-24(29)14-12-23)33(30-28(26)32)16-15-22-9-6-8-21-7-4-5-10-25(21)22/h4-14,20H,15-19H2,1-3H3. The molecule has 170 valence electrons. The molecule has 4 aromatic rings. The van der Waals surface area contributed by atoms with E-state index in [4.69, 9.17) is 5.10 Å². The smallest absolute Gasteiger partial charge is 0.156 e. The van der Waals surface area contributed by atoms with Gasteiger partial charge in [-0.25, -0.2) is 4.39 Å². The summed E-state index contributed by atoms with van der Waals surface area (Å²) in [5.41, 5.74) is 4.67. The normalized spacial score (nSPS) is 14.3. The molecule has 33 heavy (non-hydrogen) atoms. The second kappa shape index (κ2) is 8.99. The number of hydrogen-bond donors (Lipinski definition) is 0. The molecule has 1 aromatic heterocycles. The van der Waals surface area contributed by atoms with Gasteiger partial charge in [-0.2, -0.15) is 5.10 Å². The number of fused-ring (bicyclic) bond motifs is 2. The van der Waals surface area contributed by atoms with Crippen LogP contribution < -0.4 is 4.90 Å². The summed E-state index contributed by atoms with van der Waals surface area (Å²) in [4.78, 5) is 4.71. The van der Waals surface area contributed by atoms with Crippen LogP contribution in [0.5, 0.6) is 0 Å². The van der Waals surface area contributed by atoms with Crippen LogP contribution in [0, 0.1) is 11.7 Å². The Bertz CT molecular complexity index is 1250. The van der Waals surface area contributed by atoms with Crippen LogP contribution in [0.25, 0.3) is 22.0 Å². The minimum absolute atomic E-state index is 0.215. The summed E-state index contributed by atoms with van der Waals surface area (Å²) in [6.45, 7) is 7.92. The topological polar surface area (TPSA) is 24.3 Å². The van der Waals surface area contributed by atoms with Crippen molar-refractivity contribution in [3.8, 4) is 11.3 Å². The van der Waals surface area contributed by atoms with E-state index in [1.54, 1.807) is 12.1 Å². The lowest BCUT2D eigenvalue weighted by atomic mass is 10.0. The highest BCUT2D eigenvalue weighted by Gasteiger charge is 2.29. The van der Waals surface area contributed by atoms with Crippen molar-refractivity contribution in [1.29, 1.82) is 0 Å².